The monoisotopic (exact) mass is 505 g/mol. The van der Waals surface area contributed by atoms with Gasteiger partial charge in [0.2, 0.25) is 0 Å². The zero-order valence-electron chi connectivity index (χ0n) is 20.9. The Morgan fingerprint density at radius 1 is 0.861 bits per heavy atom. The third-order valence-corrected chi connectivity index (χ3v) is 8.62. The molecule has 190 valence electrons. The summed E-state index contributed by atoms with van der Waals surface area (Å²) in [6, 6.07) is 8.05. The van der Waals surface area contributed by atoms with Gasteiger partial charge in [0.25, 0.3) is 0 Å². The van der Waals surface area contributed by atoms with Crippen LogP contribution in [0.4, 0.5) is 11.6 Å². The molecule has 0 radical (unpaired) electrons. The molecule has 7 nitrogen and oxygen atoms in total. The topological polar surface area (TPSA) is 76.1 Å². The molecule has 0 spiro atoms. The maximum absolute atomic E-state index is 6.33. The van der Waals surface area contributed by atoms with Crippen molar-refractivity contribution in [2.45, 2.75) is 63.3 Å². The Labute approximate surface area is 218 Å². The Morgan fingerprint density at radius 3 is 2.31 bits per heavy atom. The molecule has 2 aliphatic heterocycles. The Morgan fingerprint density at radius 2 is 1.61 bits per heavy atom. The molecule has 6 rings (SSSR count). The lowest BCUT2D eigenvalue weighted by molar-refractivity contribution is 0.317. The van der Waals surface area contributed by atoms with Gasteiger partial charge in [-0.2, -0.15) is 0 Å². The van der Waals surface area contributed by atoms with E-state index in [9.17, 15) is 0 Å². The molecule has 0 bridgehead atoms. The van der Waals surface area contributed by atoms with E-state index in [-0.39, 0.29) is 0 Å². The van der Waals surface area contributed by atoms with Gasteiger partial charge in [0, 0.05) is 54.4 Å². The number of likely N-dealkylation sites (tertiary alicyclic amines) is 1. The third kappa shape index (κ3) is 4.83. The van der Waals surface area contributed by atoms with Crippen molar-refractivity contribution in [1.29, 1.82) is 0 Å². The number of nitrogens with zero attached hydrogens (tertiary/aromatic N) is 6. The van der Waals surface area contributed by atoms with Crippen LogP contribution in [0, 0.1) is 0 Å². The van der Waals surface area contributed by atoms with E-state index in [2.05, 4.69) is 37.7 Å². The van der Waals surface area contributed by atoms with Gasteiger partial charge >= 0.3 is 0 Å². The fourth-order valence-corrected chi connectivity index (χ4v) is 6.17. The number of hydrogen-bond donors (Lipinski definition) is 1. The summed E-state index contributed by atoms with van der Waals surface area (Å²) >= 11 is 6.14. The lowest BCUT2D eigenvalue weighted by Gasteiger charge is -2.36. The van der Waals surface area contributed by atoms with Crippen LogP contribution in [-0.2, 0) is 6.54 Å². The van der Waals surface area contributed by atoms with Crippen LogP contribution in [0.25, 0.3) is 11.3 Å². The van der Waals surface area contributed by atoms with Gasteiger partial charge in [-0.05, 0) is 69.7 Å². The first-order valence-electron chi connectivity index (χ1n) is 13.6. The number of anilines is 2. The van der Waals surface area contributed by atoms with Gasteiger partial charge in [0.15, 0.2) is 0 Å². The molecule has 1 aliphatic carbocycles. The van der Waals surface area contributed by atoms with Gasteiger partial charge in [-0.15, -0.1) is 0 Å². The highest BCUT2D eigenvalue weighted by atomic mass is 35.5. The predicted octanol–water partition coefficient (Wildman–Crippen LogP) is 5.32. The zero-order chi connectivity index (χ0) is 24.5. The summed E-state index contributed by atoms with van der Waals surface area (Å²) in [5.41, 5.74) is 9.67. The second-order valence-corrected chi connectivity index (χ2v) is 11.1. The van der Waals surface area contributed by atoms with Gasteiger partial charge < -0.3 is 20.1 Å². The molecule has 3 aliphatic rings. The van der Waals surface area contributed by atoms with Gasteiger partial charge in [-0.25, -0.2) is 15.0 Å². The van der Waals surface area contributed by atoms with Crippen LogP contribution in [0.5, 0.6) is 0 Å². The summed E-state index contributed by atoms with van der Waals surface area (Å²) in [6.45, 7) is 6.46. The smallest absolute Gasteiger partial charge is 0.137 e. The number of nitrogens with two attached hydrogens (primary N) is 1. The van der Waals surface area contributed by atoms with Crippen molar-refractivity contribution in [3.8, 4) is 11.3 Å². The standard InChI is InChI=1S/C28H36ClN7/c29-23-8-6-20(7-9-23)24-18-36(17-16-34-12-1-2-13-34)27(33-24)22-10-14-35(15-11-22)28-25(21-4-3-5-21)26(30)31-19-32-28/h6-9,18-19,21-22H,1-5,10-17H2,(H2,30,31,32). The quantitative estimate of drug-likeness (QED) is 0.468. The number of imidazole rings is 1. The summed E-state index contributed by atoms with van der Waals surface area (Å²) in [4.78, 5) is 19.2. The molecule has 8 heteroatoms. The van der Waals surface area contributed by atoms with Crippen molar-refractivity contribution in [3.05, 3.63) is 53.2 Å². The van der Waals surface area contributed by atoms with E-state index in [4.69, 9.17) is 27.3 Å². The van der Waals surface area contributed by atoms with E-state index in [1.54, 1.807) is 6.33 Å². The van der Waals surface area contributed by atoms with Gasteiger partial charge in [0.1, 0.15) is 23.8 Å². The summed E-state index contributed by atoms with van der Waals surface area (Å²) in [7, 11) is 0. The van der Waals surface area contributed by atoms with E-state index in [0.717, 1.165) is 61.1 Å². The highest BCUT2D eigenvalue weighted by molar-refractivity contribution is 6.30. The summed E-state index contributed by atoms with van der Waals surface area (Å²) < 4.78 is 2.42. The van der Waals surface area contributed by atoms with Crippen LogP contribution >= 0.6 is 11.6 Å². The van der Waals surface area contributed by atoms with Gasteiger partial charge in [-0.3, -0.25) is 0 Å². The van der Waals surface area contributed by atoms with Crippen LogP contribution in [0.1, 0.15) is 68.2 Å². The predicted molar refractivity (Wildman–Crippen MR) is 146 cm³/mol. The second kappa shape index (κ2) is 10.4. The molecule has 1 saturated carbocycles. The molecule has 36 heavy (non-hydrogen) atoms. The molecule has 3 fully saturated rings. The van der Waals surface area contributed by atoms with Crippen LogP contribution in [0.2, 0.25) is 5.02 Å². The largest absolute Gasteiger partial charge is 0.383 e. The highest BCUT2D eigenvalue weighted by Crippen LogP contribution is 2.43. The molecular weight excluding hydrogens is 470 g/mol. The SMILES string of the molecule is Nc1ncnc(N2CCC(c3nc(-c4ccc(Cl)cc4)cn3CCN3CCCC3)CC2)c1C1CCC1. The van der Waals surface area contributed by atoms with Crippen molar-refractivity contribution < 1.29 is 0 Å². The maximum atomic E-state index is 6.33. The molecule has 1 aromatic carbocycles. The summed E-state index contributed by atoms with van der Waals surface area (Å²) in [6.07, 6.45) is 12.3. The molecule has 0 amide bonds. The third-order valence-electron chi connectivity index (χ3n) is 8.37. The fourth-order valence-electron chi connectivity index (χ4n) is 6.04. The number of hydrogen-bond acceptors (Lipinski definition) is 6. The minimum Gasteiger partial charge on any atom is -0.383 e. The van der Waals surface area contributed by atoms with Gasteiger partial charge in [-0.1, -0.05) is 30.2 Å². The molecule has 2 N–H and O–H groups in total. The maximum Gasteiger partial charge on any atom is 0.137 e. The number of piperidine rings is 1. The first kappa shape index (κ1) is 23.7. The van der Waals surface area contributed by atoms with Crippen molar-refractivity contribution >= 4 is 23.2 Å². The average Bonchev–Trinajstić information content (AvgIpc) is 3.54. The molecular formula is C28H36ClN7. The minimum atomic E-state index is 0.437. The normalized spacial score (nSPS) is 19.6. The molecule has 3 aromatic rings. The number of nitrogen functional groups attached to an aromatic ring is 1. The number of benzene rings is 1. The van der Waals surface area contributed by atoms with E-state index in [1.165, 1.54) is 56.6 Å². The Balaban J connectivity index is 1.21. The lowest BCUT2D eigenvalue weighted by atomic mass is 9.80. The van der Waals surface area contributed by atoms with Crippen molar-refractivity contribution in [3.63, 3.8) is 0 Å². The molecule has 2 aromatic heterocycles. The fraction of sp³-hybridized carbons (Fsp3) is 0.536. The van der Waals surface area contributed by atoms with Crippen LogP contribution in [0.15, 0.2) is 36.8 Å². The number of rotatable bonds is 7. The molecule has 4 heterocycles. The number of aromatic nitrogens is 4. The van der Waals surface area contributed by atoms with Gasteiger partial charge in [0.05, 0.1) is 5.69 Å². The Bertz CT molecular complexity index is 1170. The molecule has 0 atom stereocenters. The van der Waals surface area contributed by atoms with Crippen molar-refractivity contribution in [2.75, 3.05) is 43.4 Å². The summed E-state index contributed by atoms with van der Waals surface area (Å²) in [5.74, 6) is 3.90. The Hall–Kier alpha value is -2.64. The van der Waals surface area contributed by atoms with Crippen molar-refractivity contribution in [1.82, 2.24) is 24.4 Å². The van der Waals surface area contributed by atoms with Crippen LogP contribution in [0.3, 0.4) is 0 Å². The van der Waals surface area contributed by atoms with E-state index in [1.807, 2.05) is 12.1 Å². The Kier molecular flexibility index (Phi) is 6.85. The van der Waals surface area contributed by atoms with E-state index in [0.29, 0.717) is 17.7 Å². The average molecular weight is 506 g/mol. The summed E-state index contributed by atoms with van der Waals surface area (Å²) in [5, 5.41) is 0.756. The van der Waals surface area contributed by atoms with Crippen LogP contribution in [-0.4, -0.2) is 57.1 Å². The number of halogens is 1. The second-order valence-electron chi connectivity index (χ2n) is 10.6. The first-order chi connectivity index (χ1) is 17.7. The van der Waals surface area contributed by atoms with Crippen LogP contribution < -0.4 is 10.6 Å². The molecule has 2 saturated heterocycles. The first-order valence-corrected chi connectivity index (χ1v) is 13.9. The zero-order valence-corrected chi connectivity index (χ0v) is 21.7. The highest BCUT2D eigenvalue weighted by Gasteiger charge is 2.31. The van der Waals surface area contributed by atoms with E-state index < -0.39 is 0 Å². The molecule has 0 unspecified atom stereocenters. The lowest BCUT2D eigenvalue weighted by Crippen LogP contribution is -2.36. The van der Waals surface area contributed by atoms with E-state index >= 15 is 0 Å². The van der Waals surface area contributed by atoms with Crippen molar-refractivity contribution in [2.24, 2.45) is 0 Å². The minimum absolute atomic E-state index is 0.437.